The van der Waals surface area contributed by atoms with Crippen LogP contribution in [0.25, 0.3) is 0 Å². The van der Waals surface area contributed by atoms with Gasteiger partial charge in [-0.05, 0) is 19.3 Å². The second kappa shape index (κ2) is 4.24. The molecule has 0 aromatic rings. The SMILES string of the molecule is CCC1CCN(C(=O)C(C)(N)C(F)(F)F)C1. The molecule has 1 heterocycles. The minimum atomic E-state index is -4.70. The van der Waals surface area contributed by atoms with Crippen LogP contribution in [0.3, 0.4) is 0 Å². The van der Waals surface area contributed by atoms with E-state index in [1.807, 2.05) is 6.92 Å². The largest absolute Gasteiger partial charge is 0.415 e. The van der Waals surface area contributed by atoms with Crippen molar-refractivity contribution in [1.82, 2.24) is 4.90 Å². The average Bonchev–Trinajstić information content (AvgIpc) is 2.62. The van der Waals surface area contributed by atoms with Crippen LogP contribution in [-0.4, -0.2) is 35.6 Å². The molecule has 0 aromatic heterocycles. The van der Waals surface area contributed by atoms with Gasteiger partial charge in [0.25, 0.3) is 5.91 Å². The monoisotopic (exact) mass is 238 g/mol. The number of hydrogen-bond acceptors (Lipinski definition) is 2. The second-order valence-corrected chi connectivity index (χ2v) is 4.51. The highest BCUT2D eigenvalue weighted by Gasteiger charge is 2.55. The van der Waals surface area contributed by atoms with Gasteiger partial charge in [-0.25, -0.2) is 0 Å². The maximum absolute atomic E-state index is 12.5. The second-order valence-electron chi connectivity index (χ2n) is 4.51. The van der Waals surface area contributed by atoms with Crippen LogP contribution < -0.4 is 5.73 Å². The van der Waals surface area contributed by atoms with Crippen LogP contribution in [0.15, 0.2) is 0 Å². The van der Waals surface area contributed by atoms with E-state index in [2.05, 4.69) is 0 Å². The number of alkyl halides is 3. The average molecular weight is 238 g/mol. The number of nitrogens with zero attached hydrogens (tertiary/aromatic N) is 1. The van der Waals surface area contributed by atoms with Gasteiger partial charge in [0.1, 0.15) is 0 Å². The molecule has 0 saturated carbocycles. The Morgan fingerprint density at radius 1 is 1.50 bits per heavy atom. The normalized spacial score (nSPS) is 25.6. The molecule has 2 unspecified atom stereocenters. The molecule has 16 heavy (non-hydrogen) atoms. The van der Waals surface area contributed by atoms with Crippen molar-refractivity contribution in [3.63, 3.8) is 0 Å². The van der Waals surface area contributed by atoms with Crippen LogP contribution >= 0.6 is 0 Å². The molecule has 0 radical (unpaired) electrons. The molecule has 1 fully saturated rings. The maximum atomic E-state index is 12.5. The van der Waals surface area contributed by atoms with E-state index in [0.717, 1.165) is 19.8 Å². The van der Waals surface area contributed by atoms with E-state index in [1.165, 1.54) is 4.90 Å². The highest BCUT2D eigenvalue weighted by molar-refractivity contribution is 5.86. The van der Waals surface area contributed by atoms with Gasteiger partial charge in [-0.2, -0.15) is 13.2 Å². The number of carbonyl (C=O) groups is 1. The molecule has 0 aromatic carbocycles. The lowest BCUT2D eigenvalue weighted by Gasteiger charge is -2.30. The van der Waals surface area contributed by atoms with Gasteiger partial charge in [0.2, 0.25) is 0 Å². The summed E-state index contributed by atoms with van der Waals surface area (Å²) in [6.45, 7) is 3.46. The summed E-state index contributed by atoms with van der Waals surface area (Å²) >= 11 is 0. The number of likely N-dealkylation sites (tertiary alicyclic amines) is 1. The van der Waals surface area contributed by atoms with Crippen molar-refractivity contribution in [3.05, 3.63) is 0 Å². The van der Waals surface area contributed by atoms with Crippen molar-refractivity contribution in [3.8, 4) is 0 Å². The smallest absolute Gasteiger partial charge is 0.341 e. The zero-order valence-corrected chi connectivity index (χ0v) is 9.47. The highest BCUT2D eigenvalue weighted by Crippen LogP contribution is 2.31. The summed E-state index contributed by atoms with van der Waals surface area (Å²) in [5.41, 5.74) is 2.32. The zero-order valence-electron chi connectivity index (χ0n) is 9.47. The van der Waals surface area contributed by atoms with Crippen molar-refractivity contribution >= 4 is 5.91 Å². The van der Waals surface area contributed by atoms with Crippen molar-refractivity contribution in [2.75, 3.05) is 13.1 Å². The standard InChI is InChI=1S/C10H17F3N2O/c1-3-7-4-5-15(6-7)8(16)9(2,14)10(11,12)13/h7H,3-6,14H2,1-2H3. The van der Waals surface area contributed by atoms with Gasteiger partial charge < -0.3 is 10.6 Å². The Hall–Kier alpha value is -0.780. The summed E-state index contributed by atoms with van der Waals surface area (Å²) in [5.74, 6) is -0.719. The van der Waals surface area contributed by atoms with Gasteiger partial charge in [-0.15, -0.1) is 0 Å². The first kappa shape index (κ1) is 13.3. The summed E-state index contributed by atoms with van der Waals surface area (Å²) in [6.07, 6.45) is -3.07. The van der Waals surface area contributed by atoms with Crippen LogP contribution in [0.4, 0.5) is 13.2 Å². The Bertz CT molecular complexity index is 276. The maximum Gasteiger partial charge on any atom is 0.415 e. The number of halogens is 3. The van der Waals surface area contributed by atoms with Gasteiger partial charge in [-0.1, -0.05) is 13.3 Å². The van der Waals surface area contributed by atoms with E-state index in [0.29, 0.717) is 19.0 Å². The molecule has 2 N–H and O–H groups in total. The predicted octanol–water partition coefficient (Wildman–Crippen LogP) is 1.52. The fraction of sp³-hybridized carbons (Fsp3) is 0.900. The molecule has 1 rings (SSSR count). The molecular formula is C10H17F3N2O. The third-order valence-corrected chi connectivity index (χ3v) is 3.18. The van der Waals surface area contributed by atoms with Crippen LogP contribution in [0.2, 0.25) is 0 Å². The van der Waals surface area contributed by atoms with Crippen molar-refractivity contribution in [1.29, 1.82) is 0 Å². The fourth-order valence-electron chi connectivity index (χ4n) is 1.80. The van der Waals surface area contributed by atoms with Crippen molar-refractivity contribution < 1.29 is 18.0 Å². The van der Waals surface area contributed by atoms with Gasteiger partial charge in [-0.3, -0.25) is 4.79 Å². The first-order chi connectivity index (χ1) is 7.20. The lowest BCUT2D eigenvalue weighted by Crippen LogP contribution is -2.61. The van der Waals surface area contributed by atoms with Gasteiger partial charge >= 0.3 is 6.18 Å². The number of amides is 1. The van der Waals surface area contributed by atoms with E-state index in [9.17, 15) is 18.0 Å². The summed E-state index contributed by atoms with van der Waals surface area (Å²) < 4.78 is 37.6. The minimum absolute atomic E-state index is 0.299. The van der Waals surface area contributed by atoms with E-state index in [1.54, 1.807) is 0 Å². The summed E-state index contributed by atoms with van der Waals surface area (Å²) in [7, 11) is 0. The zero-order chi connectivity index (χ0) is 12.6. The molecule has 1 aliphatic heterocycles. The molecule has 6 heteroatoms. The lowest BCUT2D eigenvalue weighted by molar-refractivity contribution is -0.193. The van der Waals surface area contributed by atoms with E-state index >= 15 is 0 Å². The Balaban J connectivity index is 2.72. The van der Waals surface area contributed by atoms with Gasteiger partial charge in [0, 0.05) is 13.1 Å². The predicted molar refractivity (Wildman–Crippen MR) is 53.6 cm³/mol. The van der Waals surface area contributed by atoms with Crippen LogP contribution in [0, 0.1) is 5.92 Å². The molecule has 94 valence electrons. The van der Waals surface area contributed by atoms with E-state index < -0.39 is 17.6 Å². The lowest BCUT2D eigenvalue weighted by atomic mass is 10.0. The first-order valence-electron chi connectivity index (χ1n) is 5.35. The van der Waals surface area contributed by atoms with E-state index in [-0.39, 0.29) is 0 Å². The molecule has 1 aliphatic rings. The molecule has 1 saturated heterocycles. The minimum Gasteiger partial charge on any atom is -0.341 e. The quantitative estimate of drug-likeness (QED) is 0.793. The topological polar surface area (TPSA) is 46.3 Å². The molecule has 1 amide bonds. The Kier molecular flexibility index (Phi) is 3.52. The van der Waals surface area contributed by atoms with E-state index in [4.69, 9.17) is 5.73 Å². The van der Waals surface area contributed by atoms with Crippen LogP contribution in [-0.2, 0) is 4.79 Å². The molecule has 0 spiro atoms. The number of rotatable bonds is 2. The highest BCUT2D eigenvalue weighted by atomic mass is 19.4. The summed E-state index contributed by atoms with van der Waals surface area (Å²) in [6, 6.07) is 0. The molecule has 0 bridgehead atoms. The summed E-state index contributed by atoms with van der Waals surface area (Å²) in [5, 5.41) is 0. The Labute approximate surface area is 92.8 Å². The Morgan fingerprint density at radius 3 is 2.44 bits per heavy atom. The van der Waals surface area contributed by atoms with Crippen molar-refractivity contribution in [2.45, 2.75) is 38.4 Å². The van der Waals surface area contributed by atoms with Crippen LogP contribution in [0.1, 0.15) is 26.7 Å². The van der Waals surface area contributed by atoms with Crippen molar-refractivity contribution in [2.24, 2.45) is 11.7 Å². The third-order valence-electron chi connectivity index (χ3n) is 3.18. The fourth-order valence-corrected chi connectivity index (χ4v) is 1.80. The third kappa shape index (κ3) is 2.31. The summed E-state index contributed by atoms with van der Waals surface area (Å²) in [4.78, 5) is 12.9. The number of carbonyl (C=O) groups excluding carboxylic acids is 1. The molecule has 2 atom stereocenters. The van der Waals surface area contributed by atoms with Gasteiger partial charge in [0.05, 0.1) is 0 Å². The first-order valence-corrected chi connectivity index (χ1v) is 5.35. The van der Waals surface area contributed by atoms with Crippen LogP contribution in [0.5, 0.6) is 0 Å². The molecular weight excluding hydrogens is 221 g/mol. The number of hydrogen-bond donors (Lipinski definition) is 1. The molecule has 3 nitrogen and oxygen atoms in total. The number of nitrogens with two attached hydrogens (primary N) is 1. The molecule has 0 aliphatic carbocycles. The Morgan fingerprint density at radius 2 is 2.06 bits per heavy atom. The van der Waals surface area contributed by atoms with Gasteiger partial charge in [0.15, 0.2) is 5.54 Å².